The predicted molar refractivity (Wildman–Crippen MR) is 162 cm³/mol. The van der Waals surface area contributed by atoms with Gasteiger partial charge in [-0.25, -0.2) is 13.4 Å². The van der Waals surface area contributed by atoms with Crippen molar-refractivity contribution in [3.8, 4) is 5.75 Å². The molecule has 39 heavy (non-hydrogen) atoms. The first-order chi connectivity index (χ1) is 18.1. The van der Waals surface area contributed by atoms with Crippen LogP contribution >= 0.6 is 35.3 Å². The fourth-order valence-electron chi connectivity index (χ4n) is 3.88. The maximum Gasteiger partial charge on any atom is 0.262 e. The summed E-state index contributed by atoms with van der Waals surface area (Å²) in [5.41, 5.74) is 1.91. The van der Waals surface area contributed by atoms with Crippen molar-refractivity contribution in [3.63, 3.8) is 0 Å². The van der Waals surface area contributed by atoms with Gasteiger partial charge in [-0.2, -0.15) is 0 Å². The zero-order valence-corrected chi connectivity index (χ0v) is 25.2. The monoisotopic (exact) mass is 608 g/mol. The molecular formula is C27H30Cl2N4O4S2. The number of carbonyl (C=O) groups excluding carboxylic acids is 1. The Morgan fingerprint density at radius 3 is 2.41 bits per heavy atom. The zero-order valence-electron chi connectivity index (χ0n) is 22.0. The number of amides is 1. The third-order valence-electron chi connectivity index (χ3n) is 5.86. The number of thiazole rings is 1. The molecule has 1 aromatic heterocycles. The number of aryl methyl sites for hydroxylation is 1. The Hall–Kier alpha value is -2.89. The second-order valence-electron chi connectivity index (χ2n) is 9.00. The van der Waals surface area contributed by atoms with Gasteiger partial charge in [0.25, 0.3) is 15.9 Å². The number of aromatic nitrogens is 1. The first-order valence-electron chi connectivity index (χ1n) is 11.9. The van der Waals surface area contributed by atoms with E-state index in [9.17, 15) is 13.2 Å². The molecule has 0 aliphatic carbocycles. The van der Waals surface area contributed by atoms with E-state index in [1.54, 1.807) is 60.5 Å². The van der Waals surface area contributed by atoms with E-state index in [0.717, 1.165) is 12.1 Å². The van der Waals surface area contributed by atoms with E-state index < -0.39 is 10.0 Å². The summed E-state index contributed by atoms with van der Waals surface area (Å²) in [6.45, 7) is 3.00. The number of benzene rings is 3. The van der Waals surface area contributed by atoms with Crippen LogP contribution in [0.4, 0.5) is 10.8 Å². The van der Waals surface area contributed by atoms with Crippen LogP contribution in [0.25, 0.3) is 10.2 Å². The molecule has 12 heteroatoms. The molecule has 3 aromatic carbocycles. The lowest BCUT2D eigenvalue weighted by Crippen LogP contribution is -2.34. The van der Waals surface area contributed by atoms with E-state index in [1.807, 2.05) is 25.9 Å². The molecule has 0 saturated carbocycles. The molecule has 0 aliphatic rings. The average molecular weight is 610 g/mol. The Kier molecular flexibility index (Phi) is 10.2. The lowest BCUT2D eigenvalue weighted by atomic mass is 10.1. The molecular weight excluding hydrogens is 579 g/mol. The van der Waals surface area contributed by atoms with Crippen molar-refractivity contribution in [2.24, 2.45) is 0 Å². The lowest BCUT2D eigenvalue weighted by molar-refractivity contribution is 0.0987. The van der Waals surface area contributed by atoms with E-state index in [4.69, 9.17) is 21.3 Å². The summed E-state index contributed by atoms with van der Waals surface area (Å²) in [5, 5.41) is 0.961. The molecule has 208 valence electrons. The molecule has 0 bridgehead atoms. The van der Waals surface area contributed by atoms with Crippen molar-refractivity contribution < 1.29 is 17.9 Å². The lowest BCUT2D eigenvalue weighted by Gasteiger charge is -2.22. The van der Waals surface area contributed by atoms with Crippen molar-refractivity contribution in [3.05, 3.63) is 76.8 Å². The topological polar surface area (TPSA) is 91.8 Å². The quantitative estimate of drug-likeness (QED) is 0.234. The molecule has 1 amide bonds. The number of halogens is 2. The number of nitrogens with zero attached hydrogens (tertiary/aromatic N) is 3. The second kappa shape index (κ2) is 13.0. The highest BCUT2D eigenvalue weighted by Gasteiger charge is 2.26. The molecule has 1 heterocycles. The predicted octanol–water partition coefficient (Wildman–Crippen LogP) is 6.09. The van der Waals surface area contributed by atoms with Gasteiger partial charge in [0, 0.05) is 6.54 Å². The fourth-order valence-corrected chi connectivity index (χ4v) is 6.24. The standard InChI is InChI=1S/C27H29ClN4O4S2.ClH/c1-18-10-12-19(13-11-18)38(34,35)30-22-9-6-5-8-20(22)26(33)32(17-7-16-31(2)3)27-29-24-23(36-4)15-14-21(28)25(24)37-27;/h5-6,8-15,30H,7,16-17H2,1-4H3;1H. The fraction of sp³-hybridized carbons (Fsp3) is 0.259. The summed E-state index contributed by atoms with van der Waals surface area (Å²) >= 11 is 7.73. The van der Waals surface area contributed by atoms with Gasteiger partial charge in [-0.15, -0.1) is 12.4 Å². The highest BCUT2D eigenvalue weighted by atomic mass is 35.5. The van der Waals surface area contributed by atoms with Crippen molar-refractivity contribution in [2.45, 2.75) is 18.2 Å². The van der Waals surface area contributed by atoms with Crippen molar-refractivity contribution in [1.29, 1.82) is 0 Å². The van der Waals surface area contributed by atoms with Crippen LogP contribution < -0.4 is 14.4 Å². The van der Waals surface area contributed by atoms with Crippen LogP contribution in [0, 0.1) is 6.92 Å². The SMILES string of the molecule is COc1ccc(Cl)c2sc(N(CCCN(C)C)C(=O)c3ccccc3NS(=O)(=O)c3ccc(C)cc3)nc12.Cl. The summed E-state index contributed by atoms with van der Waals surface area (Å²) in [5.74, 6) is 0.180. The van der Waals surface area contributed by atoms with Crippen molar-refractivity contribution >= 4 is 72.3 Å². The third-order valence-corrected chi connectivity index (χ3v) is 8.78. The number of nitrogens with one attached hydrogen (secondary N) is 1. The number of rotatable bonds is 10. The van der Waals surface area contributed by atoms with Gasteiger partial charge in [0.1, 0.15) is 11.3 Å². The first-order valence-corrected chi connectivity index (χ1v) is 14.6. The van der Waals surface area contributed by atoms with Gasteiger partial charge >= 0.3 is 0 Å². The smallest absolute Gasteiger partial charge is 0.262 e. The molecule has 0 unspecified atom stereocenters. The number of methoxy groups -OCH3 is 1. The normalized spacial score (nSPS) is 11.3. The highest BCUT2D eigenvalue weighted by Crippen LogP contribution is 2.39. The average Bonchev–Trinajstić information content (AvgIpc) is 3.33. The molecule has 0 fully saturated rings. The summed E-state index contributed by atoms with van der Waals surface area (Å²) in [4.78, 5) is 22.4. The van der Waals surface area contributed by atoms with Crippen LogP contribution in [0.5, 0.6) is 5.75 Å². The number of carbonyl (C=O) groups is 1. The van der Waals surface area contributed by atoms with Crippen LogP contribution in [0.15, 0.2) is 65.6 Å². The minimum atomic E-state index is -3.91. The van der Waals surface area contributed by atoms with Gasteiger partial charge in [0.2, 0.25) is 0 Å². The van der Waals surface area contributed by atoms with Crippen molar-refractivity contribution in [2.75, 3.05) is 43.9 Å². The molecule has 0 spiro atoms. The first kappa shape index (κ1) is 30.6. The minimum absolute atomic E-state index is 0. The number of ether oxygens (including phenoxy) is 1. The summed E-state index contributed by atoms with van der Waals surface area (Å²) in [6, 6.07) is 16.6. The Bertz CT molecular complexity index is 1560. The summed E-state index contributed by atoms with van der Waals surface area (Å²) < 4.78 is 35.0. The van der Waals surface area contributed by atoms with E-state index in [0.29, 0.717) is 39.1 Å². The number of anilines is 2. The number of fused-ring (bicyclic) bond motifs is 1. The summed E-state index contributed by atoms with van der Waals surface area (Å²) in [6.07, 6.45) is 0.677. The number of hydrogen-bond donors (Lipinski definition) is 1. The Labute approximate surface area is 244 Å². The van der Waals surface area contributed by atoms with Crippen LogP contribution in [-0.2, 0) is 10.0 Å². The molecule has 4 rings (SSSR count). The molecule has 4 aromatic rings. The Morgan fingerprint density at radius 1 is 1.05 bits per heavy atom. The minimum Gasteiger partial charge on any atom is -0.494 e. The zero-order chi connectivity index (χ0) is 27.4. The summed E-state index contributed by atoms with van der Waals surface area (Å²) in [7, 11) is 1.56. The second-order valence-corrected chi connectivity index (χ2v) is 12.1. The van der Waals surface area contributed by atoms with E-state index >= 15 is 0 Å². The molecule has 0 atom stereocenters. The van der Waals surface area contributed by atoms with Crippen LogP contribution in [0.1, 0.15) is 22.3 Å². The molecule has 0 radical (unpaired) electrons. The van der Waals surface area contributed by atoms with E-state index in [2.05, 4.69) is 4.72 Å². The number of hydrogen-bond acceptors (Lipinski definition) is 7. The number of sulfonamides is 1. The maximum atomic E-state index is 14.0. The number of para-hydroxylation sites is 1. The molecule has 0 saturated heterocycles. The van der Waals surface area contributed by atoms with Gasteiger partial charge in [0.05, 0.1) is 33.0 Å². The van der Waals surface area contributed by atoms with Gasteiger partial charge in [-0.3, -0.25) is 14.4 Å². The highest BCUT2D eigenvalue weighted by molar-refractivity contribution is 7.92. The largest absolute Gasteiger partial charge is 0.494 e. The van der Waals surface area contributed by atoms with Crippen molar-refractivity contribution in [1.82, 2.24) is 9.88 Å². The van der Waals surface area contributed by atoms with E-state index in [1.165, 1.54) is 23.5 Å². The maximum absolute atomic E-state index is 14.0. The Morgan fingerprint density at radius 2 is 1.74 bits per heavy atom. The van der Waals surface area contributed by atoms with Gasteiger partial charge in [0.15, 0.2) is 5.13 Å². The molecule has 0 aliphatic heterocycles. The van der Waals surface area contributed by atoms with E-state index in [-0.39, 0.29) is 34.5 Å². The third kappa shape index (κ3) is 7.01. The van der Waals surface area contributed by atoms with Gasteiger partial charge < -0.3 is 9.64 Å². The molecule has 1 N–H and O–H groups in total. The Balaban J connectivity index is 0.00000420. The van der Waals surface area contributed by atoms with Gasteiger partial charge in [-0.1, -0.05) is 52.8 Å². The van der Waals surface area contributed by atoms with Crippen LogP contribution in [-0.4, -0.2) is 58.5 Å². The van der Waals surface area contributed by atoms with Crippen LogP contribution in [0.3, 0.4) is 0 Å². The van der Waals surface area contributed by atoms with Crippen LogP contribution in [0.2, 0.25) is 5.02 Å². The van der Waals surface area contributed by atoms with Gasteiger partial charge in [-0.05, 0) is 70.4 Å². The molecule has 8 nitrogen and oxygen atoms in total.